The van der Waals surface area contributed by atoms with E-state index in [0.29, 0.717) is 37.2 Å². The van der Waals surface area contributed by atoms with Crippen molar-refractivity contribution >= 4 is 23.6 Å². The van der Waals surface area contributed by atoms with Gasteiger partial charge in [-0.25, -0.2) is 4.68 Å². The van der Waals surface area contributed by atoms with E-state index < -0.39 is 0 Å². The van der Waals surface area contributed by atoms with Crippen molar-refractivity contribution in [3.63, 3.8) is 0 Å². The van der Waals surface area contributed by atoms with Crippen LogP contribution < -0.4 is 5.32 Å². The number of nitrogens with one attached hydrogen (secondary N) is 1. The average Bonchev–Trinajstić information content (AvgIpc) is 3.63. The van der Waals surface area contributed by atoms with Crippen molar-refractivity contribution in [3.05, 3.63) is 59.2 Å². The summed E-state index contributed by atoms with van der Waals surface area (Å²) in [5.74, 6) is -0.704. The Morgan fingerprint density at radius 1 is 1.05 bits per heavy atom. The molecule has 1 unspecified atom stereocenters. The number of carbonyl (C=O) groups excluding carboxylic acids is 4. The molecule has 2 bridgehead atoms. The van der Waals surface area contributed by atoms with Gasteiger partial charge in [-0.2, -0.15) is 5.10 Å². The molecule has 5 rings (SSSR count). The molecule has 3 aromatic rings. The van der Waals surface area contributed by atoms with Gasteiger partial charge in [-0.3, -0.25) is 23.9 Å². The van der Waals surface area contributed by atoms with E-state index in [1.54, 1.807) is 26.4 Å². The van der Waals surface area contributed by atoms with Crippen molar-refractivity contribution in [2.24, 2.45) is 13.0 Å². The Balaban J connectivity index is 1.43. The van der Waals surface area contributed by atoms with E-state index in [1.807, 2.05) is 51.2 Å². The van der Waals surface area contributed by atoms with E-state index >= 15 is 0 Å². The monoisotopic (exact) mass is 603 g/mol. The van der Waals surface area contributed by atoms with Gasteiger partial charge < -0.3 is 20.0 Å². The quantitative estimate of drug-likeness (QED) is 0.477. The van der Waals surface area contributed by atoms with Crippen LogP contribution in [0.15, 0.2) is 36.5 Å². The summed E-state index contributed by atoms with van der Waals surface area (Å²) >= 11 is 0. The number of para-hydroxylation sites is 1. The van der Waals surface area contributed by atoms with Crippen LogP contribution in [-0.2, 0) is 29.5 Å². The first-order valence-corrected chi connectivity index (χ1v) is 15.3. The van der Waals surface area contributed by atoms with Crippen molar-refractivity contribution in [1.29, 1.82) is 0 Å². The number of carbonyl (C=O) groups is 4. The number of hydrogen-bond donors (Lipinski definition) is 1. The standard InChI is InChI=1S/C31H41N9O4/c1-21(2)19-39-20-28(42)36(3)23-12-13-25-24(17-23)29(34-37(25)4)30(43)32-14-16-38(15-8-11-27(39)41)31(44)26-18-33-35-40(26)22-9-6-5-7-10-22/h5-7,9-10,18,21,23H,8,11-17,19-20H2,1-4H3,(H,32,43). The molecule has 0 saturated carbocycles. The molecule has 1 atom stereocenters. The van der Waals surface area contributed by atoms with Gasteiger partial charge in [-0.1, -0.05) is 37.3 Å². The summed E-state index contributed by atoms with van der Waals surface area (Å²) in [7, 11) is 3.61. The molecule has 3 heterocycles. The third-order valence-corrected chi connectivity index (χ3v) is 8.39. The molecular weight excluding hydrogens is 562 g/mol. The second-order valence-corrected chi connectivity index (χ2v) is 12.0. The molecule has 1 N–H and O–H groups in total. The summed E-state index contributed by atoms with van der Waals surface area (Å²) in [5.41, 5.74) is 3.14. The summed E-state index contributed by atoms with van der Waals surface area (Å²) in [5, 5.41) is 15.6. The molecule has 0 spiro atoms. The summed E-state index contributed by atoms with van der Waals surface area (Å²) in [4.78, 5) is 59.1. The highest BCUT2D eigenvalue weighted by molar-refractivity contribution is 5.95. The van der Waals surface area contributed by atoms with E-state index in [4.69, 9.17) is 0 Å². The highest BCUT2D eigenvalue weighted by atomic mass is 16.2. The van der Waals surface area contributed by atoms with Gasteiger partial charge in [0.25, 0.3) is 11.8 Å². The second-order valence-electron chi connectivity index (χ2n) is 12.0. The summed E-state index contributed by atoms with van der Waals surface area (Å²) in [6.45, 7) is 5.16. The van der Waals surface area contributed by atoms with Gasteiger partial charge in [0.1, 0.15) is 0 Å². The lowest BCUT2D eigenvalue weighted by Gasteiger charge is -2.34. The van der Waals surface area contributed by atoms with Gasteiger partial charge >= 0.3 is 0 Å². The number of hydrogen-bond acceptors (Lipinski definition) is 7. The lowest BCUT2D eigenvalue weighted by molar-refractivity contribution is -0.141. The van der Waals surface area contributed by atoms with Crippen LogP contribution in [0.25, 0.3) is 5.69 Å². The van der Waals surface area contributed by atoms with E-state index in [9.17, 15) is 19.2 Å². The van der Waals surface area contributed by atoms with Crippen LogP contribution in [0.4, 0.5) is 0 Å². The Morgan fingerprint density at radius 3 is 2.57 bits per heavy atom. The minimum absolute atomic E-state index is 0.0121. The SMILES string of the molecule is CC(C)CN1CC(=O)N(C)C2CCc3c(c(nn3C)C(=O)NCCN(C(=O)c3cnnn3-c3ccccc3)CCCC1=O)C2. The molecule has 234 valence electrons. The summed E-state index contributed by atoms with van der Waals surface area (Å²) in [6.07, 6.45) is 3.94. The summed E-state index contributed by atoms with van der Waals surface area (Å²) < 4.78 is 3.23. The Labute approximate surface area is 257 Å². The van der Waals surface area contributed by atoms with Crippen molar-refractivity contribution in [2.75, 3.05) is 39.8 Å². The molecule has 2 aliphatic rings. The molecule has 1 aromatic carbocycles. The van der Waals surface area contributed by atoms with Gasteiger partial charge in [-0.15, -0.1) is 5.10 Å². The number of likely N-dealkylation sites (N-methyl/N-ethyl adjacent to an activating group) is 1. The predicted octanol–water partition coefficient (Wildman–Crippen LogP) is 1.47. The fourth-order valence-corrected chi connectivity index (χ4v) is 6.04. The van der Waals surface area contributed by atoms with E-state index in [-0.39, 0.29) is 73.9 Å². The molecular formula is C31H41N9O4. The second kappa shape index (κ2) is 13.4. The topological polar surface area (TPSA) is 139 Å². The zero-order valence-electron chi connectivity index (χ0n) is 25.9. The molecule has 13 nitrogen and oxygen atoms in total. The van der Waals surface area contributed by atoms with Crippen LogP contribution in [0.3, 0.4) is 0 Å². The molecule has 4 amide bonds. The molecule has 1 aliphatic carbocycles. The molecule has 0 radical (unpaired) electrons. The van der Waals surface area contributed by atoms with E-state index in [2.05, 4.69) is 20.7 Å². The first-order chi connectivity index (χ1) is 21.1. The number of nitrogens with zero attached hydrogens (tertiary/aromatic N) is 8. The van der Waals surface area contributed by atoms with Crippen molar-refractivity contribution in [2.45, 2.75) is 52.0 Å². The van der Waals surface area contributed by atoms with Gasteiger partial charge in [0.15, 0.2) is 11.4 Å². The van der Waals surface area contributed by atoms with Crippen LogP contribution in [0.2, 0.25) is 0 Å². The van der Waals surface area contributed by atoms with Crippen molar-refractivity contribution < 1.29 is 19.2 Å². The number of aryl methyl sites for hydroxylation is 1. The number of benzene rings is 1. The fourth-order valence-electron chi connectivity index (χ4n) is 6.04. The zero-order valence-corrected chi connectivity index (χ0v) is 25.9. The maximum Gasteiger partial charge on any atom is 0.274 e. The van der Waals surface area contributed by atoms with Crippen LogP contribution in [0, 0.1) is 5.92 Å². The van der Waals surface area contributed by atoms with Crippen LogP contribution in [0.5, 0.6) is 0 Å². The van der Waals surface area contributed by atoms with Crippen molar-refractivity contribution in [3.8, 4) is 5.69 Å². The number of aromatic nitrogens is 5. The molecule has 44 heavy (non-hydrogen) atoms. The lowest BCUT2D eigenvalue weighted by Crippen LogP contribution is -2.47. The molecule has 0 saturated heterocycles. The summed E-state index contributed by atoms with van der Waals surface area (Å²) in [6, 6.07) is 9.15. The lowest BCUT2D eigenvalue weighted by atomic mass is 9.90. The Bertz CT molecular complexity index is 1510. The fraction of sp³-hybridized carbons (Fsp3) is 0.516. The highest BCUT2D eigenvalue weighted by Crippen LogP contribution is 2.27. The first-order valence-electron chi connectivity index (χ1n) is 15.3. The van der Waals surface area contributed by atoms with Crippen LogP contribution >= 0.6 is 0 Å². The predicted molar refractivity (Wildman–Crippen MR) is 162 cm³/mol. The highest BCUT2D eigenvalue weighted by Gasteiger charge is 2.33. The third kappa shape index (κ3) is 6.66. The normalized spacial score (nSPS) is 18.9. The zero-order chi connectivity index (χ0) is 31.4. The largest absolute Gasteiger partial charge is 0.349 e. The van der Waals surface area contributed by atoms with E-state index in [1.165, 1.54) is 10.9 Å². The Morgan fingerprint density at radius 2 is 1.82 bits per heavy atom. The smallest absolute Gasteiger partial charge is 0.274 e. The average molecular weight is 604 g/mol. The van der Waals surface area contributed by atoms with Gasteiger partial charge in [0.05, 0.1) is 18.4 Å². The van der Waals surface area contributed by atoms with Gasteiger partial charge in [-0.05, 0) is 43.7 Å². The number of fused-ring (bicyclic) bond motifs is 1. The van der Waals surface area contributed by atoms with Gasteiger partial charge in [0, 0.05) is 64.0 Å². The van der Waals surface area contributed by atoms with E-state index in [0.717, 1.165) is 17.7 Å². The Kier molecular flexibility index (Phi) is 9.40. The maximum absolute atomic E-state index is 13.8. The maximum atomic E-state index is 13.8. The third-order valence-electron chi connectivity index (χ3n) is 8.39. The van der Waals surface area contributed by atoms with Crippen molar-refractivity contribution in [1.82, 2.24) is 44.8 Å². The molecule has 0 fully saturated rings. The number of rotatable bonds is 4. The molecule has 1 aliphatic heterocycles. The Hall–Kier alpha value is -4.55. The van der Waals surface area contributed by atoms with Crippen LogP contribution in [-0.4, -0.2) is 109 Å². The molecule has 13 heteroatoms. The van der Waals surface area contributed by atoms with Gasteiger partial charge in [0.2, 0.25) is 11.8 Å². The first kappa shape index (κ1) is 30.9. The minimum Gasteiger partial charge on any atom is -0.349 e. The minimum atomic E-state index is -0.317. The molecule has 2 aromatic heterocycles. The number of amides is 4. The van der Waals surface area contributed by atoms with Crippen LogP contribution in [0.1, 0.15) is 65.3 Å².